The van der Waals surface area contributed by atoms with E-state index in [9.17, 15) is 23.6 Å². The molecule has 0 bridgehead atoms. The third-order valence-corrected chi connectivity index (χ3v) is 5.13. The van der Waals surface area contributed by atoms with Gasteiger partial charge in [0.1, 0.15) is 11.9 Å². The Hall–Kier alpha value is -3.75. The van der Waals surface area contributed by atoms with Crippen molar-refractivity contribution in [2.75, 3.05) is 5.32 Å². The van der Waals surface area contributed by atoms with Gasteiger partial charge in [0.2, 0.25) is 11.8 Å². The normalized spacial score (nSPS) is 18.1. The summed E-state index contributed by atoms with van der Waals surface area (Å²) in [5.41, 5.74) is 2.31. The van der Waals surface area contributed by atoms with Gasteiger partial charge in [0.05, 0.1) is 0 Å². The molecule has 0 aromatic heterocycles. The van der Waals surface area contributed by atoms with Gasteiger partial charge in [-0.05, 0) is 41.8 Å². The van der Waals surface area contributed by atoms with Crippen LogP contribution in [0.25, 0.3) is 0 Å². The number of halogens is 1. The minimum atomic E-state index is -0.666. The number of nitrogens with zero attached hydrogens (tertiary/aromatic N) is 1. The van der Waals surface area contributed by atoms with Crippen molar-refractivity contribution in [3.63, 3.8) is 0 Å². The number of rotatable bonds is 4. The minimum absolute atomic E-state index is 0.167. The van der Waals surface area contributed by atoms with Crippen LogP contribution in [0.15, 0.2) is 42.5 Å². The fourth-order valence-corrected chi connectivity index (χ4v) is 3.64. The van der Waals surface area contributed by atoms with Crippen molar-refractivity contribution in [2.45, 2.75) is 32.0 Å². The van der Waals surface area contributed by atoms with E-state index in [1.807, 2.05) is 0 Å². The van der Waals surface area contributed by atoms with Crippen LogP contribution in [0.2, 0.25) is 0 Å². The summed E-state index contributed by atoms with van der Waals surface area (Å²) in [4.78, 5) is 49.8. The molecule has 1 saturated heterocycles. The van der Waals surface area contributed by atoms with Crippen LogP contribution in [0, 0.1) is 5.82 Å². The summed E-state index contributed by atoms with van der Waals surface area (Å²) in [6.45, 7) is 0.467. The van der Waals surface area contributed by atoms with E-state index in [1.165, 1.54) is 23.1 Å². The average molecular weight is 410 g/mol. The third-order valence-electron chi connectivity index (χ3n) is 5.13. The summed E-state index contributed by atoms with van der Waals surface area (Å²) in [5.74, 6) is -1.51. The molecule has 9 heteroatoms. The second kappa shape index (κ2) is 7.94. The molecule has 0 radical (unpaired) electrons. The quantitative estimate of drug-likeness (QED) is 0.669. The lowest BCUT2D eigenvalue weighted by atomic mass is 10.0. The van der Waals surface area contributed by atoms with Gasteiger partial charge in [0.25, 0.3) is 5.91 Å². The lowest BCUT2D eigenvalue weighted by molar-refractivity contribution is -0.136. The number of carbonyl (C=O) groups excluding carboxylic acids is 4. The number of amides is 5. The number of piperidine rings is 1. The predicted molar refractivity (Wildman–Crippen MR) is 105 cm³/mol. The molecule has 1 atom stereocenters. The fraction of sp³-hybridized carbons (Fsp3) is 0.238. The number of nitrogens with one attached hydrogen (secondary N) is 3. The molecule has 5 amide bonds. The zero-order chi connectivity index (χ0) is 21.3. The SMILES string of the molecule is O=C1CCC(N2Cc3ccc(CNC(=O)Nc4cccc(F)c4)cc3C2=O)C(=O)N1. The van der Waals surface area contributed by atoms with Crippen LogP contribution in [0.5, 0.6) is 0 Å². The summed E-state index contributed by atoms with van der Waals surface area (Å²) in [7, 11) is 0. The molecule has 1 unspecified atom stereocenters. The second-order valence-corrected chi connectivity index (χ2v) is 7.21. The first-order valence-corrected chi connectivity index (χ1v) is 9.47. The summed E-state index contributed by atoms with van der Waals surface area (Å²) in [6, 6.07) is 9.65. The fourth-order valence-electron chi connectivity index (χ4n) is 3.64. The zero-order valence-corrected chi connectivity index (χ0v) is 15.9. The molecule has 154 valence electrons. The van der Waals surface area contributed by atoms with Gasteiger partial charge in [-0.15, -0.1) is 0 Å². The molecule has 2 heterocycles. The van der Waals surface area contributed by atoms with Crippen LogP contribution in [0.1, 0.15) is 34.3 Å². The Balaban J connectivity index is 1.39. The van der Waals surface area contributed by atoms with Gasteiger partial charge in [0.15, 0.2) is 0 Å². The number of carbonyl (C=O) groups is 4. The predicted octanol–water partition coefficient (Wildman–Crippen LogP) is 1.91. The van der Waals surface area contributed by atoms with Gasteiger partial charge >= 0.3 is 6.03 Å². The average Bonchev–Trinajstić information content (AvgIpc) is 3.02. The molecule has 2 aliphatic rings. The smallest absolute Gasteiger partial charge is 0.319 e. The number of benzene rings is 2. The second-order valence-electron chi connectivity index (χ2n) is 7.21. The molecule has 1 fully saturated rings. The van der Waals surface area contributed by atoms with E-state index in [2.05, 4.69) is 16.0 Å². The van der Waals surface area contributed by atoms with E-state index in [1.54, 1.807) is 24.3 Å². The third kappa shape index (κ3) is 4.00. The topological polar surface area (TPSA) is 108 Å². The van der Waals surface area contributed by atoms with Crippen LogP contribution < -0.4 is 16.0 Å². The van der Waals surface area contributed by atoms with Crippen LogP contribution in [-0.2, 0) is 22.7 Å². The van der Waals surface area contributed by atoms with Crippen LogP contribution in [-0.4, -0.2) is 34.7 Å². The van der Waals surface area contributed by atoms with Gasteiger partial charge < -0.3 is 15.5 Å². The highest BCUT2D eigenvalue weighted by molar-refractivity contribution is 6.05. The molecule has 30 heavy (non-hydrogen) atoms. The molecule has 0 spiro atoms. The summed E-state index contributed by atoms with van der Waals surface area (Å²) < 4.78 is 13.2. The number of imide groups is 1. The van der Waals surface area contributed by atoms with Crippen molar-refractivity contribution in [1.82, 2.24) is 15.5 Å². The molecule has 0 saturated carbocycles. The van der Waals surface area contributed by atoms with Crippen molar-refractivity contribution in [1.29, 1.82) is 0 Å². The first-order chi connectivity index (χ1) is 14.4. The van der Waals surface area contributed by atoms with Crippen LogP contribution in [0.4, 0.5) is 14.9 Å². The van der Waals surface area contributed by atoms with Gasteiger partial charge in [0, 0.05) is 30.8 Å². The zero-order valence-electron chi connectivity index (χ0n) is 15.9. The van der Waals surface area contributed by atoms with Crippen molar-refractivity contribution in [2.24, 2.45) is 0 Å². The minimum Gasteiger partial charge on any atom is -0.334 e. The van der Waals surface area contributed by atoms with Crippen molar-refractivity contribution >= 4 is 29.4 Å². The number of fused-ring (bicyclic) bond motifs is 1. The molecule has 2 aliphatic heterocycles. The van der Waals surface area contributed by atoms with Crippen LogP contribution >= 0.6 is 0 Å². The first kappa shape index (κ1) is 19.6. The van der Waals surface area contributed by atoms with Crippen LogP contribution in [0.3, 0.4) is 0 Å². The van der Waals surface area contributed by atoms with E-state index in [0.29, 0.717) is 29.8 Å². The monoisotopic (exact) mass is 410 g/mol. The summed E-state index contributed by atoms with van der Waals surface area (Å²) in [6.07, 6.45) is 0.505. The molecule has 2 aromatic carbocycles. The molecule has 2 aromatic rings. The van der Waals surface area contributed by atoms with Crippen molar-refractivity contribution < 1.29 is 23.6 Å². The van der Waals surface area contributed by atoms with E-state index >= 15 is 0 Å². The standard InChI is InChI=1S/C21H19FN4O4/c22-14-2-1-3-15(9-14)24-21(30)23-10-12-4-5-13-11-26(20(29)16(13)8-12)17-6-7-18(27)25-19(17)28/h1-5,8-9,17H,6-7,10-11H2,(H2,23,24,30)(H,25,27,28). The lowest BCUT2D eigenvalue weighted by Gasteiger charge is -2.29. The molecule has 8 nitrogen and oxygen atoms in total. The Morgan fingerprint density at radius 2 is 2.00 bits per heavy atom. The summed E-state index contributed by atoms with van der Waals surface area (Å²) >= 11 is 0. The first-order valence-electron chi connectivity index (χ1n) is 9.47. The number of hydrogen-bond acceptors (Lipinski definition) is 4. The Morgan fingerprint density at radius 1 is 1.17 bits per heavy atom. The largest absolute Gasteiger partial charge is 0.334 e. The molecular weight excluding hydrogens is 391 g/mol. The lowest BCUT2D eigenvalue weighted by Crippen LogP contribution is -2.52. The van der Waals surface area contributed by atoms with Gasteiger partial charge in [-0.3, -0.25) is 19.7 Å². The maximum Gasteiger partial charge on any atom is 0.319 e. The number of hydrogen-bond donors (Lipinski definition) is 3. The Morgan fingerprint density at radius 3 is 2.77 bits per heavy atom. The Bertz CT molecular complexity index is 1060. The van der Waals surface area contributed by atoms with E-state index in [4.69, 9.17) is 0 Å². The molecule has 3 N–H and O–H groups in total. The van der Waals surface area contributed by atoms with Gasteiger partial charge in [-0.25, -0.2) is 9.18 Å². The maximum atomic E-state index is 13.2. The Kier molecular flexibility index (Phi) is 5.18. The van der Waals surface area contributed by atoms with Crippen molar-refractivity contribution in [3.05, 3.63) is 65.0 Å². The highest BCUT2D eigenvalue weighted by Gasteiger charge is 2.39. The maximum absolute atomic E-state index is 13.2. The van der Waals surface area contributed by atoms with Crippen molar-refractivity contribution in [3.8, 4) is 0 Å². The van der Waals surface area contributed by atoms with Gasteiger partial charge in [-0.2, -0.15) is 0 Å². The highest BCUT2D eigenvalue weighted by Crippen LogP contribution is 2.28. The molecular formula is C21H19FN4O4. The van der Waals surface area contributed by atoms with E-state index < -0.39 is 23.8 Å². The Labute approximate surface area is 171 Å². The van der Waals surface area contributed by atoms with Gasteiger partial charge in [-0.1, -0.05) is 18.2 Å². The number of urea groups is 1. The molecule has 0 aliphatic carbocycles. The van der Waals surface area contributed by atoms with E-state index in [0.717, 1.165) is 5.56 Å². The highest BCUT2D eigenvalue weighted by atomic mass is 19.1. The molecule has 4 rings (SSSR count). The summed E-state index contributed by atoms with van der Waals surface area (Å²) in [5, 5.41) is 7.47. The number of anilines is 1. The van der Waals surface area contributed by atoms with E-state index in [-0.39, 0.29) is 24.8 Å².